The number of nitrogens with one attached hydrogen (secondary N) is 3. The topological polar surface area (TPSA) is 235 Å². The summed E-state index contributed by atoms with van der Waals surface area (Å²) in [5.41, 5.74) is 16.0. The first-order valence-corrected chi connectivity index (χ1v) is 10.8. The Morgan fingerprint density at radius 2 is 1.62 bits per heavy atom. The first-order valence-electron chi connectivity index (χ1n) is 10.1. The monoisotopic (exact) mass is 477 g/mol. The van der Waals surface area contributed by atoms with E-state index in [9.17, 15) is 29.4 Å². The van der Waals surface area contributed by atoms with Crippen molar-refractivity contribution in [2.45, 2.75) is 57.3 Å². The molecule has 0 saturated heterocycles. The number of hydrogen-bond acceptors (Lipinski definition) is 8. The van der Waals surface area contributed by atoms with Crippen LogP contribution in [0.1, 0.15) is 33.1 Å². The third-order valence-corrected chi connectivity index (χ3v) is 5.10. The number of carbonyl (C=O) groups is 4. The molecule has 0 fully saturated rings. The lowest BCUT2D eigenvalue weighted by molar-refractivity contribution is -0.142. The van der Waals surface area contributed by atoms with Crippen LogP contribution in [0, 0.1) is 5.92 Å². The summed E-state index contributed by atoms with van der Waals surface area (Å²) in [6, 6.07) is -4.65. The zero-order valence-electron chi connectivity index (χ0n) is 18.3. The van der Waals surface area contributed by atoms with Gasteiger partial charge in [-0.2, -0.15) is 12.6 Å². The van der Waals surface area contributed by atoms with Gasteiger partial charge in [-0.15, -0.1) is 0 Å². The first kappa shape index (κ1) is 29.4. The first-order chi connectivity index (χ1) is 15.0. The minimum absolute atomic E-state index is 0.0249. The van der Waals surface area contributed by atoms with E-state index in [0.717, 1.165) is 0 Å². The Morgan fingerprint density at radius 3 is 2.09 bits per heavy atom. The van der Waals surface area contributed by atoms with Crippen molar-refractivity contribution in [3.8, 4) is 0 Å². The van der Waals surface area contributed by atoms with Crippen LogP contribution in [0.15, 0.2) is 4.99 Å². The molecule has 13 nitrogen and oxygen atoms in total. The van der Waals surface area contributed by atoms with Gasteiger partial charge in [-0.3, -0.25) is 19.4 Å². The van der Waals surface area contributed by atoms with Crippen LogP contribution in [0.5, 0.6) is 0 Å². The summed E-state index contributed by atoms with van der Waals surface area (Å²) in [7, 11) is 0. The number of aliphatic hydroxyl groups excluding tert-OH is 1. The lowest BCUT2D eigenvalue weighted by atomic mass is 9.97. The molecule has 0 saturated carbocycles. The van der Waals surface area contributed by atoms with Crippen LogP contribution in [0.2, 0.25) is 0 Å². The number of nitrogens with zero attached hydrogens (tertiary/aromatic N) is 1. The zero-order chi connectivity index (χ0) is 24.8. The van der Waals surface area contributed by atoms with Crippen molar-refractivity contribution in [3.63, 3.8) is 0 Å². The number of carbonyl (C=O) groups excluding carboxylic acids is 3. The van der Waals surface area contributed by atoms with Crippen molar-refractivity contribution in [3.05, 3.63) is 0 Å². The molecule has 0 aromatic carbocycles. The summed E-state index contributed by atoms with van der Waals surface area (Å²) < 4.78 is 0. The highest BCUT2D eigenvalue weighted by Gasteiger charge is 2.32. The molecule has 0 bridgehead atoms. The number of guanidine groups is 1. The molecule has 184 valence electrons. The highest BCUT2D eigenvalue weighted by molar-refractivity contribution is 7.80. The number of carboxylic acids is 1. The molecule has 3 amide bonds. The normalized spacial score (nSPS) is 15.4. The van der Waals surface area contributed by atoms with E-state index in [2.05, 4.69) is 33.6 Å². The molecular weight excluding hydrogens is 442 g/mol. The summed E-state index contributed by atoms with van der Waals surface area (Å²) in [6.07, 6.45) is 0.831. The quantitative estimate of drug-likeness (QED) is 0.0501. The lowest BCUT2D eigenvalue weighted by Gasteiger charge is -2.27. The van der Waals surface area contributed by atoms with Crippen molar-refractivity contribution in [2.75, 3.05) is 18.9 Å². The van der Waals surface area contributed by atoms with Crippen LogP contribution in [-0.2, 0) is 19.2 Å². The fourth-order valence-corrected chi connectivity index (χ4v) is 2.70. The Hall–Kier alpha value is -2.58. The fourth-order valence-electron chi connectivity index (χ4n) is 2.53. The van der Waals surface area contributed by atoms with Crippen molar-refractivity contribution in [1.29, 1.82) is 0 Å². The summed E-state index contributed by atoms with van der Waals surface area (Å²) in [5, 5.41) is 26.0. The molecule has 0 spiro atoms. The molecule has 0 heterocycles. The van der Waals surface area contributed by atoms with E-state index >= 15 is 0 Å². The van der Waals surface area contributed by atoms with Crippen LogP contribution in [0.25, 0.3) is 0 Å². The van der Waals surface area contributed by atoms with Gasteiger partial charge in [0.25, 0.3) is 0 Å². The Labute approximate surface area is 192 Å². The molecule has 32 heavy (non-hydrogen) atoms. The molecule has 0 aromatic rings. The summed E-state index contributed by atoms with van der Waals surface area (Å²) in [4.78, 5) is 52.5. The van der Waals surface area contributed by atoms with Gasteiger partial charge in [0.15, 0.2) is 5.96 Å². The van der Waals surface area contributed by atoms with E-state index in [0.29, 0.717) is 6.42 Å². The summed E-state index contributed by atoms with van der Waals surface area (Å²) in [6.45, 7) is 2.93. The Balaban J connectivity index is 5.18. The number of amides is 3. The molecule has 0 aliphatic carbocycles. The van der Waals surface area contributed by atoms with Crippen molar-refractivity contribution in [1.82, 2.24) is 16.0 Å². The molecule has 11 N–H and O–H groups in total. The van der Waals surface area contributed by atoms with E-state index in [1.165, 1.54) is 0 Å². The summed E-state index contributed by atoms with van der Waals surface area (Å²) in [5.74, 6) is -3.86. The fraction of sp³-hybridized carbons (Fsp3) is 0.722. The zero-order valence-corrected chi connectivity index (χ0v) is 19.2. The molecule has 0 rings (SSSR count). The van der Waals surface area contributed by atoms with E-state index in [1.807, 2.05) is 6.92 Å². The lowest BCUT2D eigenvalue weighted by Crippen LogP contribution is -2.59. The highest BCUT2D eigenvalue weighted by atomic mass is 32.1. The number of thiol groups is 1. The van der Waals surface area contributed by atoms with Gasteiger partial charge in [-0.1, -0.05) is 20.3 Å². The average Bonchev–Trinajstić information content (AvgIpc) is 2.75. The van der Waals surface area contributed by atoms with Crippen molar-refractivity contribution >= 4 is 42.3 Å². The highest BCUT2D eigenvalue weighted by Crippen LogP contribution is 2.09. The molecule has 0 radical (unpaired) electrons. The smallest absolute Gasteiger partial charge is 0.326 e. The second kappa shape index (κ2) is 15.3. The van der Waals surface area contributed by atoms with E-state index in [4.69, 9.17) is 17.2 Å². The van der Waals surface area contributed by atoms with Crippen LogP contribution in [0.3, 0.4) is 0 Å². The largest absolute Gasteiger partial charge is 0.480 e. The van der Waals surface area contributed by atoms with Crippen molar-refractivity contribution < 1.29 is 29.4 Å². The van der Waals surface area contributed by atoms with Crippen molar-refractivity contribution in [2.24, 2.45) is 28.1 Å². The van der Waals surface area contributed by atoms with Crippen LogP contribution in [-0.4, -0.2) is 82.9 Å². The summed E-state index contributed by atoms with van der Waals surface area (Å²) >= 11 is 3.95. The van der Waals surface area contributed by atoms with Gasteiger partial charge in [0.1, 0.15) is 18.1 Å². The van der Waals surface area contributed by atoms with Gasteiger partial charge in [-0.05, 0) is 18.8 Å². The average molecular weight is 478 g/mol. The number of nitrogens with two attached hydrogens (primary N) is 3. The number of hydrogen-bond donors (Lipinski definition) is 9. The molecule has 5 unspecified atom stereocenters. The molecule has 14 heteroatoms. The minimum atomic E-state index is -1.43. The van der Waals surface area contributed by atoms with Crippen LogP contribution in [0.4, 0.5) is 0 Å². The van der Waals surface area contributed by atoms with Gasteiger partial charge in [0.05, 0.1) is 12.6 Å². The maximum atomic E-state index is 12.7. The maximum absolute atomic E-state index is 12.7. The predicted molar refractivity (Wildman–Crippen MR) is 122 cm³/mol. The number of rotatable bonds is 15. The van der Waals surface area contributed by atoms with Gasteiger partial charge in [-0.25, -0.2) is 4.79 Å². The standard InChI is InChI=1S/C18H35N7O6S/c1-3-9(2)13(25-14(27)10(19)8-32)16(29)24-12(7-26)15(28)23-11(17(30)31)5-4-6-22-18(20)21/h9-13,26,32H,3-8,19H2,1-2H3,(H,23,28)(H,24,29)(H,25,27)(H,30,31)(H4,20,21,22). The Kier molecular flexibility index (Phi) is 14.0. The maximum Gasteiger partial charge on any atom is 0.326 e. The molecule has 0 aliphatic rings. The third-order valence-electron chi connectivity index (χ3n) is 4.70. The molecule has 0 aromatic heterocycles. The minimum Gasteiger partial charge on any atom is -0.480 e. The van der Waals surface area contributed by atoms with Gasteiger partial charge in [0, 0.05) is 12.3 Å². The SMILES string of the molecule is CCC(C)C(NC(=O)C(N)CS)C(=O)NC(CO)C(=O)NC(CCCN=C(N)N)C(=O)O. The second-order valence-electron chi connectivity index (χ2n) is 7.25. The third kappa shape index (κ3) is 10.6. The van der Waals surface area contributed by atoms with E-state index < -0.39 is 54.5 Å². The number of aliphatic carboxylic acids is 1. The van der Waals surface area contributed by atoms with E-state index in [1.54, 1.807) is 6.92 Å². The van der Waals surface area contributed by atoms with Gasteiger partial charge >= 0.3 is 5.97 Å². The Bertz CT molecular complexity index is 674. The Morgan fingerprint density at radius 1 is 1.03 bits per heavy atom. The second-order valence-corrected chi connectivity index (χ2v) is 7.62. The molecular formula is C18H35N7O6S. The van der Waals surface area contributed by atoms with E-state index in [-0.39, 0.29) is 37.0 Å². The van der Waals surface area contributed by atoms with Gasteiger partial charge < -0.3 is 43.4 Å². The number of aliphatic imine (C=N–C) groups is 1. The molecule has 5 atom stereocenters. The van der Waals surface area contributed by atoms with Crippen LogP contribution >= 0.6 is 12.6 Å². The van der Waals surface area contributed by atoms with Gasteiger partial charge in [0.2, 0.25) is 17.7 Å². The number of aliphatic hydroxyl groups is 1. The predicted octanol–water partition coefficient (Wildman–Crippen LogP) is -3.13. The van der Waals surface area contributed by atoms with Crippen LogP contribution < -0.4 is 33.2 Å². The number of carboxylic acid groups (broad SMARTS) is 1. The molecule has 0 aliphatic heterocycles.